The number of imide groups is 4. The van der Waals surface area contributed by atoms with E-state index < -0.39 is 114 Å². The number of hydrogen-bond acceptors (Lipinski definition) is 29. The standard InChI is InChI=1S/C12H9N5O5.C12H11N5O3.C12H12N4O5.C7H6N2O4.C5H8N2O2.ClH.Fe.HNO2.Na/c18-9-5-4-8(11(19)13-9)16-12(20)10-6(14-15-16)2-1-3-7(10)17(21)22;13-6-2-1-3-7-10(6)12(20)17(16-15-7)8-4-5-9(18)14-11(8)19;13-6-2-1-3-8(16(20)21)10(6)12(19)14-7-4-5-9(17)15-11(7)18;8-4-2-1-3-5(9(12)13)6(4)7(10)11;6-3-1-2-4(8)7-5(3)9;;;2-1-3;/h1-3,8H,4-5H2,(H,13,18,19);1-3,8H,4-5,13H2,(H,14,18,19);1-3,7H,4-5,13H2,(H,14,19)(H,15,17,18);1-3H,8H2,(H,10,11);3H,1-2,6H2,(H,7,8,9);1H;;(H,2,3);/q;;;;;;;;+1/p-1. The Morgan fingerprint density at radius 2 is 0.923 bits per heavy atom. The number of nitro benzene ring substituents is 3. The topological polar surface area (TPSA) is 633 Å². The van der Waals surface area contributed by atoms with Crippen LogP contribution in [0.3, 0.4) is 0 Å². The van der Waals surface area contributed by atoms with Crippen molar-refractivity contribution in [3.63, 3.8) is 0 Å². The SMILES string of the molecule is Cl.NC1CCC(=O)NC1=O.Nc1cccc([N+](=O)[O-])c1C(=O)NC1CCC(=O)NC1=O.Nc1cccc([N+](=O)[O-])c1C(=O)O.Nc1cccc2nnn(C3CCC(=O)NC3=O)c(=O)c12.O=C1CCC(n2nnc3cccc([N+](=O)[O-])c3c2=O)C(=O)N1.O=N[O-].[Fe].[Na+]. The van der Waals surface area contributed by atoms with Crippen molar-refractivity contribution in [1.29, 1.82) is 0 Å². The van der Waals surface area contributed by atoms with Gasteiger partial charge in [-0.15, -0.1) is 27.9 Å². The van der Waals surface area contributed by atoms with Gasteiger partial charge in [0.1, 0.15) is 40.1 Å². The number of piperidine rings is 4. The van der Waals surface area contributed by atoms with Crippen LogP contribution in [0.15, 0.2) is 87.7 Å². The van der Waals surface area contributed by atoms with E-state index in [1.165, 1.54) is 42.5 Å². The molecule has 0 radical (unpaired) electrons. The van der Waals surface area contributed by atoms with E-state index in [-0.39, 0.29) is 154 Å². The zero-order chi connectivity index (χ0) is 65.3. The molecule has 0 aliphatic carbocycles. The molecular formula is C48H47ClFeN19NaO21. The number of hydrogen-bond donors (Lipinski definition) is 10. The Morgan fingerprint density at radius 3 is 1.34 bits per heavy atom. The Bertz CT molecular complexity index is 4010. The minimum absolute atomic E-state index is 0. The van der Waals surface area contributed by atoms with Crippen molar-refractivity contribution in [3.8, 4) is 0 Å². The number of amides is 9. The number of nitrogen functional groups attached to an aromatic ring is 3. The molecule has 14 N–H and O–H groups in total. The number of nitro groups is 3. The zero-order valence-corrected chi connectivity index (χ0v) is 50.5. The molecule has 2 aromatic heterocycles. The summed E-state index contributed by atoms with van der Waals surface area (Å²) in [5, 5.41) is 75.9. The minimum atomic E-state index is -1.40. The number of nitrogens with zero attached hydrogens (tertiary/aromatic N) is 10. The van der Waals surface area contributed by atoms with Crippen LogP contribution in [0.2, 0.25) is 0 Å². The van der Waals surface area contributed by atoms with Gasteiger partial charge in [0, 0.05) is 66.6 Å². The van der Waals surface area contributed by atoms with Gasteiger partial charge in [0.25, 0.3) is 45.9 Å². The number of nitrogens with two attached hydrogens (primary N) is 4. The van der Waals surface area contributed by atoms with Gasteiger partial charge in [-0.3, -0.25) is 104 Å². The monoisotopic (exact) mass is 1340 g/mol. The molecule has 91 heavy (non-hydrogen) atoms. The van der Waals surface area contributed by atoms with Crippen molar-refractivity contribution in [1.82, 2.24) is 56.6 Å². The molecule has 4 aliphatic rings. The van der Waals surface area contributed by atoms with Gasteiger partial charge in [-0.2, -0.15) is 9.36 Å². The molecule has 4 atom stereocenters. The zero-order valence-electron chi connectivity index (χ0n) is 46.5. The van der Waals surface area contributed by atoms with Crippen LogP contribution in [0.1, 0.15) is 84.2 Å². The number of aromatic nitrogens is 6. The third-order valence-corrected chi connectivity index (χ3v) is 12.5. The number of carbonyl (C=O) groups excluding carboxylic acids is 9. The van der Waals surface area contributed by atoms with Crippen LogP contribution >= 0.6 is 12.4 Å². The van der Waals surface area contributed by atoms with E-state index in [4.69, 9.17) is 38.2 Å². The molecule has 476 valence electrons. The molecular weight excluding hydrogens is 1290 g/mol. The molecule has 43 heteroatoms. The third-order valence-electron chi connectivity index (χ3n) is 12.5. The number of aromatic carboxylic acids is 1. The number of carboxylic acids is 1. The predicted octanol–water partition coefficient (Wildman–Crippen LogP) is -3.96. The second-order valence-electron chi connectivity index (χ2n) is 18.2. The van der Waals surface area contributed by atoms with Crippen molar-refractivity contribution in [2.75, 3.05) is 17.2 Å². The number of halogens is 1. The Hall–Kier alpha value is -10.7. The van der Waals surface area contributed by atoms with E-state index in [1.807, 2.05) is 0 Å². The molecule has 10 rings (SSSR count). The van der Waals surface area contributed by atoms with Crippen LogP contribution in [0.25, 0.3) is 21.8 Å². The van der Waals surface area contributed by atoms with Crippen molar-refractivity contribution in [2.24, 2.45) is 11.1 Å². The van der Waals surface area contributed by atoms with Gasteiger partial charge in [-0.05, 0) is 56.0 Å². The van der Waals surface area contributed by atoms with Gasteiger partial charge in [0.15, 0.2) is 5.56 Å². The second-order valence-corrected chi connectivity index (χ2v) is 18.2. The van der Waals surface area contributed by atoms with E-state index in [0.29, 0.717) is 18.4 Å². The number of carbonyl (C=O) groups is 10. The number of non-ortho nitro benzene ring substituents is 1. The summed E-state index contributed by atoms with van der Waals surface area (Å²) < 4.78 is 1.78. The fourth-order valence-electron chi connectivity index (χ4n) is 8.27. The largest absolute Gasteiger partial charge is 1.00 e. The molecule has 0 spiro atoms. The van der Waals surface area contributed by atoms with Crippen molar-refractivity contribution < 1.29 is 114 Å². The normalized spacial score (nSPS) is 17.0. The van der Waals surface area contributed by atoms with Gasteiger partial charge in [-0.25, -0.2) is 4.79 Å². The first-order chi connectivity index (χ1) is 41.6. The first-order valence-corrected chi connectivity index (χ1v) is 24.9. The molecule has 4 aromatic carbocycles. The number of fused-ring (bicyclic) bond motifs is 2. The molecule has 4 saturated heterocycles. The molecule has 4 fully saturated rings. The van der Waals surface area contributed by atoms with Crippen molar-refractivity contribution in [2.45, 2.75) is 75.5 Å². The molecule has 9 amide bonds. The molecule has 6 heterocycles. The Labute approximate surface area is 544 Å². The molecule has 0 bridgehead atoms. The first kappa shape index (κ1) is 76.4. The molecule has 40 nitrogen and oxygen atoms in total. The van der Waals surface area contributed by atoms with E-state index in [9.17, 15) is 87.9 Å². The quantitative estimate of drug-likeness (QED) is 0.0174. The average molecular weight is 1340 g/mol. The fraction of sp³-hybridized carbons (Fsp3) is 0.250. The van der Waals surface area contributed by atoms with Crippen molar-refractivity contribution >= 4 is 127 Å². The number of benzene rings is 4. The van der Waals surface area contributed by atoms with Crippen LogP contribution in [-0.2, 0) is 55.4 Å². The van der Waals surface area contributed by atoms with E-state index in [1.54, 1.807) is 18.2 Å². The van der Waals surface area contributed by atoms with Crippen LogP contribution in [-0.4, -0.2) is 121 Å². The summed E-state index contributed by atoms with van der Waals surface area (Å²) in [5.74, 6) is -5.88. The predicted molar refractivity (Wildman–Crippen MR) is 304 cm³/mol. The maximum absolute atomic E-state index is 12.5. The number of anilines is 3. The van der Waals surface area contributed by atoms with Crippen molar-refractivity contribution in [3.05, 3.63) is 145 Å². The Kier molecular flexibility index (Phi) is 29.2. The van der Waals surface area contributed by atoms with E-state index >= 15 is 0 Å². The van der Waals surface area contributed by atoms with Crippen LogP contribution in [0.4, 0.5) is 34.1 Å². The molecule has 4 unspecified atom stereocenters. The summed E-state index contributed by atoms with van der Waals surface area (Å²) in [6.45, 7) is 0. The maximum Gasteiger partial charge on any atom is 1.00 e. The van der Waals surface area contributed by atoms with Crippen LogP contribution in [0, 0.1) is 40.5 Å². The first-order valence-electron chi connectivity index (χ1n) is 24.9. The van der Waals surface area contributed by atoms with Crippen LogP contribution in [0.5, 0.6) is 0 Å². The Balaban J connectivity index is 0.000000390. The van der Waals surface area contributed by atoms with E-state index in [0.717, 1.165) is 26.8 Å². The van der Waals surface area contributed by atoms with Gasteiger partial charge in [0.05, 0.1) is 37.6 Å². The van der Waals surface area contributed by atoms with Gasteiger partial charge in [-0.1, -0.05) is 34.7 Å². The van der Waals surface area contributed by atoms with Crippen LogP contribution < -0.4 is 90.2 Å². The maximum atomic E-state index is 12.5. The molecule has 6 aromatic rings. The summed E-state index contributed by atoms with van der Waals surface area (Å²) in [5.41, 5.74) is 19.1. The summed E-state index contributed by atoms with van der Waals surface area (Å²) in [7, 11) is 0. The number of nitrogens with one attached hydrogen (secondary N) is 5. The smallest absolute Gasteiger partial charge is 0.477 e. The summed E-state index contributed by atoms with van der Waals surface area (Å²) >= 11 is 0. The molecule has 0 saturated carbocycles. The number of carboxylic acid groups (broad SMARTS) is 1. The summed E-state index contributed by atoms with van der Waals surface area (Å²) in [4.78, 5) is 175. The number of rotatable bonds is 8. The molecule has 4 aliphatic heterocycles. The van der Waals surface area contributed by atoms with Gasteiger partial charge >= 0.3 is 35.5 Å². The van der Waals surface area contributed by atoms with E-state index in [2.05, 4.69) is 47.2 Å². The summed E-state index contributed by atoms with van der Waals surface area (Å²) in [6, 6.07) is 13.2. The minimum Gasteiger partial charge on any atom is -0.477 e. The van der Waals surface area contributed by atoms with Gasteiger partial charge in [0.2, 0.25) is 35.4 Å². The fourth-order valence-corrected chi connectivity index (χ4v) is 8.27. The Morgan fingerprint density at radius 1 is 0.560 bits per heavy atom. The van der Waals surface area contributed by atoms with Gasteiger partial charge < -0.3 is 43.5 Å². The average Bonchev–Trinajstić information content (AvgIpc) is 0.819. The third kappa shape index (κ3) is 19.6. The second kappa shape index (κ2) is 34.7. The summed E-state index contributed by atoms with van der Waals surface area (Å²) in [6.07, 6.45) is 1.59.